The van der Waals surface area contributed by atoms with E-state index in [1.165, 1.54) is 19.2 Å². The van der Waals surface area contributed by atoms with Crippen LogP contribution < -0.4 is 4.74 Å². The molecular weight excluding hydrogens is 231 g/mol. The number of Topliss-reactive ketones (excluding diaryl/α,β-unsaturated/α-hetero) is 1. The van der Waals surface area contributed by atoms with Gasteiger partial charge in [0.2, 0.25) is 0 Å². The molecule has 0 spiro atoms. The van der Waals surface area contributed by atoms with Crippen LogP contribution in [0.15, 0.2) is 18.2 Å². The average molecular weight is 242 g/mol. The van der Waals surface area contributed by atoms with E-state index >= 15 is 0 Å². The molecule has 17 heavy (non-hydrogen) atoms. The molecular formula is C11H11FO5. The van der Waals surface area contributed by atoms with Gasteiger partial charge in [0.05, 0.1) is 12.7 Å². The number of carboxylic acids is 1. The van der Waals surface area contributed by atoms with Crippen LogP contribution in [0.5, 0.6) is 5.75 Å². The van der Waals surface area contributed by atoms with Gasteiger partial charge in [0, 0.05) is 6.07 Å². The fourth-order valence-corrected chi connectivity index (χ4v) is 1.16. The minimum absolute atomic E-state index is 0.156. The third-order valence-electron chi connectivity index (χ3n) is 1.94. The Kier molecular flexibility index (Phi) is 4.59. The lowest BCUT2D eigenvalue weighted by Crippen LogP contribution is -2.15. The van der Waals surface area contributed by atoms with Crippen LogP contribution in [0.1, 0.15) is 10.4 Å². The minimum atomic E-state index is -1.19. The number of hydrogen-bond acceptors (Lipinski definition) is 4. The lowest BCUT2D eigenvalue weighted by atomic mass is 10.1. The molecule has 0 amide bonds. The quantitative estimate of drug-likeness (QED) is 0.757. The molecule has 0 aromatic heterocycles. The summed E-state index contributed by atoms with van der Waals surface area (Å²) in [5.41, 5.74) is -0.156. The van der Waals surface area contributed by atoms with Gasteiger partial charge in [-0.1, -0.05) is 0 Å². The number of halogens is 1. The van der Waals surface area contributed by atoms with E-state index in [-0.39, 0.29) is 5.56 Å². The monoisotopic (exact) mass is 242 g/mol. The number of carbonyl (C=O) groups excluding carboxylic acids is 1. The Bertz CT molecular complexity index is 430. The van der Waals surface area contributed by atoms with E-state index in [2.05, 4.69) is 4.74 Å². The summed E-state index contributed by atoms with van der Waals surface area (Å²) in [5, 5.41) is 8.29. The van der Waals surface area contributed by atoms with Crippen LogP contribution in [0.25, 0.3) is 0 Å². The van der Waals surface area contributed by atoms with Crippen LogP contribution in [0.3, 0.4) is 0 Å². The molecule has 0 radical (unpaired) electrons. The number of carbonyl (C=O) groups is 2. The smallest absolute Gasteiger partial charge is 0.329 e. The zero-order chi connectivity index (χ0) is 12.8. The molecule has 0 aliphatic heterocycles. The molecule has 0 fully saturated rings. The maximum atomic E-state index is 13.4. The topological polar surface area (TPSA) is 72.8 Å². The number of benzene rings is 1. The average Bonchev–Trinajstić information content (AvgIpc) is 2.28. The van der Waals surface area contributed by atoms with Crippen LogP contribution in [0, 0.1) is 5.82 Å². The van der Waals surface area contributed by atoms with Crippen molar-refractivity contribution in [2.45, 2.75) is 0 Å². The molecule has 0 unspecified atom stereocenters. The van der Waals surface area contributed by atoms with E-state index in [9.17, 15) is 14.0 Å². The van der Waals surface area contributed by atoms with Gasteiger partial charge in [-0.2, -0.15) is 0 Å². The van der Waals surface area contributed by atoms with Gasteiger partial charge in [-0.3, -0.25) is 4.79 Å². The largest absolute Gasteiger partial charge is 0.497 e. The van der Waals surface area contributed by atoms with Crippen LogP contribution in [0.2, 0.25) is 0 Å². The Hall–Kier alpha value is -1.95. The molecule has 6 heteroatoms. The molecule has 0 saturated carbocycles. The molecule has 92 valence electrons. The van der Waals surface area contributed by atoms with E-state index in [0.717, 1.165) is 6.07 Å². The Labute approximate surface area is 96.8 Å². The van der Waals surface area contributed by atoms with Gasteiger partial charge in [-0.15, -0.1) is 0 Å². The number of carboxylic acid groups (broad SMARTS) is 1. The Balaban J connectivity index is 2.66. The zero-order valence-corrected chi connectivity index (χ0v) is 9.10. The lowest BCUT2D eigenvalue weighted by molar-refractivity contribution is -0.141. The number of rotatable bonds is 6. The van der Waals surface area contributed by atoms with E-state index in [0.29, 0.717) is 5.75 Å². The maximum Gasteiger partial charge on any atom is 0.329 e. The van der Waals surface area contributed by atoms with Crippen molar-refractivity contribution in [3.8, 4) is 5.75 Å². The van der Waals surface area contributed by atoms with E-state index in [4.69, 9.17) is 9.84 Å². The summed E-state index contributed by atoms with van der Waals surface area (Å²) < 4.78 is 22.8. The van der Waals surface area contributed by atoms with Crippen molar-refractivity contribution in [3.63, 3.8) is 0 Å². The molecule has 0 atom stereocenters. The fraction of sp³-hybridized carbons (Fsp3) is 0.273. The second-order valence-electron chi connectivity index (χ2n) is 3.16. The molecule has 1 aromatic rings. The van der Waals surface area contributed by atoms with E-state index in [1.807, 2.05) is 0 Å². The summed E-state index contributed by atoms with van der Waals surface area (Å²) in [4.78, 5) is 21.6. The fourth-order valence-electron chi connectivity index (χ4n) is 1.16. The number of aliphatic carboxylic acids is 1. The first kappa shape index (κ1) is 13.1. The summed E-state index contributed by atoms with van der Waals surface area (Å²) in [5.74, 6) is -2.24. The van der Waals surface area contributed by atoms with E-state index in [1.54, 1.807) is 0 Å². The standard InChI is InChI=1S/C11H11FO5/c1-16-7-2-3-8(9(12)4-7)10(13)5-17-6-11(14)15/h2-4H,5-6H2,1H3,(H,14,15). The van der Waals surface area contributed by atoms with Gasteiger partial charge in [-0.25, -0.2) is 9.18 Å². The highest BCUT2D eigenvalue weighted by Crippen LogP contribution is 2.16. The van der Waals surface area contributed by atoms with E-state index < -0.39 is 30.8 Å². The highest BCUT2D eigenvalue weighted by Gasteiger charge is 2.13. The van der Waals surface area contributed by atoms with Gasteiger partial charge in [0.1, 0.15) is 24.8 Å². The zero-order valence-electron chi connectivity index (χ0n) is 9.10. The lowest BCUT2D eigenvalue weighted by Gasteiger charge is -2.05. The predicted octanol–water partition coefficient (Wildman–Crippen LogP) is 1.12. The summed E-state index contributed by atoms with van der Waals surface area (Å²) in [6.07, 6.45) is 0. The Morgan fingerprint density at radius 3 is 2.59 bits per heavy atom. The number of ketones is 1. The maximum absolute atomic E-state index is 13.4. The first-order valence-electron chi connectivity index (χ1n) is 4.71. The molecule has 1 N–H and O–H groups in total. The first-order valence-corrected chi connectivity index (χ1v) is 4.71. The van der Waals surface area contributed by atoms with Crippen molar-refractivity contribution >= 4 is 11.8 Å². The summed E-state index contributed by atoms with van der Waals surface area (Å²) in [6, 6.07) is 3.78. The molecule has 0 heterocycles. The Morgan fingerprint density at radius 2 is 2.06 bits per heavy atom. The number of hydrogen-bond donors (Lipinski definition) is 1. The van der Waals surface area contributed by atoms with Crippen LogP contribution in [-0.2, 0) is 9.53 Å². The van der Waals surface area contributed by atoms with Crippen LogP contribution in [0.4, 0.5) is 4.39 Å². The van der Waals surface area contributed by atoms with Crippen molar-refractivity contribution in [3.05, 3.63) is 29.6 Å². The third kappa shape index (κ3) is 3.84. The molecule has 0 aliphatic carbocycles. The number of ether oxygens (including phenoxy) is 2. The van der Waals surface area contributed by atoms with Crippen LogP contribution in [-0.4, -0.2) is 37.2 Å². The Morgan fingerprint density at radius 1 is 1.35 bits per heavy atom. The van der Waals surface area contributed by atoms with Gasteiger partial charge in [-0.05, 0) is 12.1 Å². The first-order chi connectivity index (χ1) is 8.04. The molecule has 1 rings (SSSR count). The molecule has 0 aliphatic rings. The van der Waals surface area contributed by atoms with Crippen LogP contribution >= 0.6 is 0 Å². The highest BCUT2D eigenvalue weighted by molar-refractivity contribution is 5.97. The van der Waals surface area contributed by atoms with Crippen molar-refractivity contribution in [1.82, 2.24) is 0 Å². The normalized spacial score (nSPS) is 10.0. The third-order valence-corrected chi connectivity index (χ3v) is 1.94. The van der Waals surface area contributed by atoms with Crippen molar-refractivity contribution in [2.75, 3.05) is 20.3 Å². The second kappa shape index (κ2) is 5.95. The molecule has 0 bridgehead atoms. The van der Waals surface area contributed by atoms with Crippen molar-refractivity contribution in [1.29, 1.82) is 0 Å². The van der Waals surface area contributed by atoms with Gasteiger partial charge in [0.15, 0.2) is 5.78 Å². The van der Waals surface area contributed by atoms with Gasteiger partial charge >= 0.3 is 5.97 Å². The minimum Gasteiger partial charge on any atom is -0.497 e. The van der Waals surface area contributed by atoms with Crippen molar-refractivity contribution in [2.24, 2.45) is 0 Å². The summed E-state index contributed by atoms with van der Waals surface area (Å²) >= 11 is 0. The summed E-state index contributed by atoms with van der Waals surface area (Å²) in [6.45, 7) is -1.07. The van der Waals surface area contributed by atoms with Gasteiger partial charge < -0.3 is 14.6 Å². The summed E-state index contributed by atoms with van der Waals surface area (Å²) in [7, 11) is 1.38. The molecule has 0 saturated heterocycles. The molecule has 5 nitrogen and oxygen atoms in total. The SMILES string of the molecule is COc1ccc(C(=O)COCC(=O)O)c(F)c1. The van der Waals surface area contributed by atoms with Crippen molar-refractivity contribution < 1.29 is 28.6 Å². The molecule has 1 aromatic carbocycles. The van der Waals surface area contributed by atoms with Gasteiger partial charge in [0.25, 0.3) is 0 Å². The highest BCUT2D eigenvalue weighted by atomic mass is 19.1. The number of methoxy groups -OCH3 is 1. The predicted molar refractivity (Wildman–Crippen MR) is 55.7 cm³/mol. The second-order valence-corrected chi connectivity index (χ2v) is 3.16.